The minimum absolute atomic E-state index is 0.276. The fourth-order valence-electron chi connectivity index (χ4n) is 3.80. The molecule has 2 aromatic rings. The highest BCUT2D eigenvalue weighted by Crippen LogP contribution is 2.36. The number of carbonyl (C=O) groups is 3. The number of hydrogen-bond donors (Lipinski definition) is 0. The molecule has 1 aliphatic heterocycles. The summed E-state index contributed by atoms with van der Waals surface area (Å²) in [4.78, 5) is 42.2. The maximum Gasteiger partial charge on any atom is 0.336 e. The van der Waals surface area contributed by atoms with Crippen molar-refractivity contribution in [1.82, 2.24) is 5.06 Å². The lowest BCUT2D eigenvalue weighted by Gasteiger charge is -2.28. The van der Waals surface area contributed by atoms with Crippen molar-refractivity contribution in [3.05, 3.63) is 71.3 Å². The summed E-state index contributed by atoms with van der Waals surface area (Å²) < 4.78 is 0. The first-order valence-corrected chi connectivity index (χ1v) is 8.89. The molecular formula is C21H19NO4. The van der Waals surface area contributed by atoms with Gasteiger partial charge in [0, 0.05) is 0 Å². The van der Waals surface area contributed by atoms with Gasteiger partial charge in [-0.05, 0) is 49.3 Å². The highest BCUT2D eigenvalue weighted by Gasteiger charge is 2.40. The Kier molecular flexibility index (Phi) is 4.29. The van der Waals surface area contributed by atoms with Gasteiger partial charge in [-0.3, -0.25) is 9.59 Å². The molecule has 1 aliphatic carbocycles. The van der Waals surface area contributed by atoms with Crippen LogP contribution in [0.4, 0.5) is 0 Å². The van der Waals surface area contributed by atoms with Gasteiger partial charge in [0.15, 0.2) is 0 Å². The van der Waals surface area contributed by atoms with Gasteiger partial charge in [0.1, 0.15) is 0 Å². The van der Waals surface area contributed by atoms with E-state index in [4.69, 9.17) is 4.84 Å². The van der Waals surface area contributed by atoms with Crippen molar-refractivity contribution in [3.8, 4) is 0 Å². The highest BCUT2D eigenvalue weighted by atomic mass is 16.7. The summed E-state index contributed by atoms with van der Waals surface area (Å²) in [6.07, 6.45) is 3.18. The van der Waals surface area contributed by atoms with Crippen LogP contribution in [0.5, 0.6) is 0 Å². The van der Waals surface area contributed by atoms with Crippen molar-refractivity contribution in [2.45, 2.75) is 31.6 Å². The molecular weight excluding hydrogens is 330 g/mol. The van der Waals surface area contributed by atoms with Crippen LogP contribution in [0.3, 0.4) is 0 Å². The number of carbonyl (C=O) groups excluding carboxylic acids is 3. The summed E-state index contributed by atoms with van der Waals surface area (Å²) in [6.45, 7) is 0. The molecule has 0 radical (unpaired) electrons. The SMILES string of the molecule is O=C(ON1C(=O)c2ccccc2C1=O)C1CCC(c2ccccc2)CC1. The Hall–Kier alpha value is -2.95. The van der Waals surface area contributed by atoms with E-state index in [9.17, 15) is 14.4 Å². The molecule has 132 valence electrons. The van der Waals surface area contributed by atoms with Crippen molar-refractivity contribution in [1.29, 1.82) is 0 Å². The van der Waals surface area contributed by atoms with Gasteiger partial charge < -0.3 is 4.84 Å². The number of rotatable bonds is 3. The number of amides is 2. The minimum atomic E-state index is -0.572. The third-order valence-electron chi connectivity index (χ3n) is 5.27. The average Bonchev–Trinajstić information content (AvgIpc) is 2.94. The number of hydroxylamine groups is 2. The topological polar surface area (TPSA) is 63.7 Å². The van der Waals surface area contributed by atoms with E-state index >= 15 is 0 Å². The Morgan fingerprint density at radius 3 is 1.92 bits per heavy atom. The lowest BCUT2D eigenvalue weighted by atomic mass is 9.79. The van der Waals surface area contributed by atoms with Crippen molar-refractivity contribution in [3.63, 3.8) is 0 Å². The van der Waals surface area contributed by atoms with Gasteiger partial charge in [0.25, 0.3) is 11.8 Å². The minimum Gasteiger partial charge on any atom is -0.329 e. The normalized spacial score (nSPS) is 22.2. The predicted molar refractivity (Wildman–Crippen MR) is 94.2 cm³/mol. The van der Waals surface area contributed by atoms with Gasteiger partial charge >= 0.3 is 5.97 Å². The van der Waals surface area contributed by atoms with Crippen LogP contribution >= 0.6 is 0 Å². The Labute approximate surface area is 151 Å². The summed E-state index contributed by atoms with van der Waals surface area (Å²) in [6, 6.07) is 16.8. The Balaban J connectivity index is 1.38. The lowest BCUT2D eigenvalue weighted by Crippen LogP contribution is -2.36. The molecule has 26 heavy (non-hydrogen) atoms. The zero-order chi connectivity index (χ0) is 18.1. The summed E-state index contributed by atoms with van der Waals surface area (Å²) in [5.41, 5.74) is 1.84. The molecule has 0 unspecified atom stereocenters. The first kappa shape index (κ1) is 16.5. The van der Waals surface area contributed by atoms with Gasteiger partial charge in [-0.15, -0.1) is 0 Å². The van der Waals surface area contributed by atoms with E-state index in [0.717, 1.165) is 12.8 Å². The molecule has 5 nitrogen and oxygen atoms in total. The lowest BCUT2D eigenvalue weighted by molar-refractivity contribution is -0.174. The molecule has 0 bridgehead atoms. The molecule has 0 atom stereocenters. The van der Waals surface area contributed by atoms with Crippen LogP contribution in [0.15, 0.2) is 54.6 Å². The maximum absolute atomic E-state index is 12.5. The predicted octanol–water partition coefficient (Wildman–Crippen LogP) is 3.71. The summed E-state index contributed by atoms with van der Waals surface area (Å²) >= 11 is 0. The number of imide groups is 1. The van der Waals surface area contributed by atoms with E-state index in [1.807, 2.05) is 18.2 Å². The Bertz CT molecular complexity index is 818. The summed E-state index contributed by atoms with van der Waals surface area (Å²) in [5, 5.41) is 0.607. The Morgan fingerprint density at radius 2 is 1.35 bits per heavy atom. The fourth-order valence-corrected chi connectivity index (χ4v) is 3.80. The van der Waals surface area contributed by atoms with Crippen LogP contribution < -0.4 is 0 Å². The van der Waals surface area contributed by atoms with E-state index in [2.05, 4.69) is 12.1 Å². The molecule has 2 aromatic carbocycles. The van der Waals surface area contributed by atoms with Crippen LogP contribution in [0, 0.1) is 5.92 Å². The number of nitrogens with zero attached hydrogens (tertiary/aromatic N) is 1. The monoisotopic (exact) mass is 349 g/mol. The molecule has 2 aliphatic rings. The molecule has 1 heterocycles. The molecule has 0 spiro atoms. The number of fused-ring (bicyclic) bond motifs is 1. The van der Waals surface area contributed by atoms with E-state index in [-0.39, 0.29) is 17.0 Å². The molecule has 0 aromatic heterocycles. The summed E-state index contributed by atoms with van der Waals surface area (Å²) in [5.74, 6) is -1.47. The molecule has 0 N–H and O–H groups in total. The third-order valence-corrected chi connectivity index (χ3v) is 5.27. The molecule has 5 heteroatoms. The van der Waals surface area contributed by atoms with E-state index in [1.54, 1.807) is 24.3 Å². The summed E-state index contributed by atoms with van der Waals surface area (Å²) in [7, 11) is 0. The van der Waals surface area contributed by atoms with Crippen molar-refractivity contribution in [2.24, 2.45) is 5.92 Å². The van der Waals surface area contributed by atoms with Crippen LogP contribution in [-0.2, 0) is 9.63 Å². The van der Waals surface area contributed by atoms with Crippen molar-refractivity contribution < 1.29 is 19.2 Å². The highest BCUT2D eigenvalue weighted by molar-refractivity contribution is 6.20. The smallest absolute Gasteiger partial charge is 0.329 e. The van der Waals surface area contributed by atoms with Crippen LogP contribution in [0.1, 0.15) is 57.9 Å². The zero-order valence-corrected chi connectivity index (χ0v) is 14.3. The Morgan fingerprint density at radius 1 is 0.808 bits per heavy atom. The second kappa shape index (κ2) is 6.75. The van der Waals surface area contributed by atoms with Crippen LogP contribution in [-0.4, -0.2) is 22.8 Å². The maximum atomic E-state index is 12.5. The van der Waals surface area contributed by atoms with Gasteiger partial charge in [-0.2, -0.15) is 0 Å². The quantitative estimate of drug-likeness (QED) is 0.793. The second-order valence-electron chi connectivity index (χ2n) is 6.82. The average molecular weight is 349 g/mol. The zero-order valence-electron chi connectivity index (χ0n) is 14.3. The molecule has 1 saturated carbocycles. The van der Waals surface area contributed by atoms with Crippen molar-refractivity contribution >= 4 is 17.8 Å². The van der Waals surface area contributed by atoms with Crippen LogP contribution in [0.25, 0.3) is 0 Å². The van der Waals surface area contributed by atoms with Crippen molar-refractivity contribution in [2.75, 3.05) is 0 Å². The van der Waals surface area contributed by atoms with E-state index in [1.165, 1.54) is 5.56 Å². The van der Waals surface area contributed by atoms with Gasteiger partial charge in [-0.25, -0.2) is 4.79 Å². The van der Waals surface area contributed by atoms with Gasteiger partial charge in [0.2, 0.25) is 0 Å². The third kappa shape index (κ3) is 2.90. The van der Waals surface area contributed by atoms with Gasteiger partial charge in [0.05, 0.1) is 17.0 Å². The van der Waals surface area contributed by atoms with Crippen LogP contribution in [0.2, 0.25) is 0 Å². The first-order chi connectivity index (χ1) is 12.6. The van der Waals surface area contributed by atoms with E-state index in [0.29, 0.717) is 23.8 Å². The standard InChI is InChI=1S/C21H19NO4/c23-19-17-8-4-5-9-18(17)20(24)22(19)26-21(25)16-12-10-15(11-13-16)14-6-2-1-3-7-14/h1-9,15-16H,10-13H2. The molecule has 0 saturated heterocycles. The second-order valence-corrected chi connectivity index (χ2v) is 6.82. The number of benzene rings is 2. The van der Waals surface area contributed by atoms with Gasteiger partial charge in [-0.1, -0.05) is 47.5 Å². The number of hydrogen-bond acceptors (Lipinski definition) is 4. The molecule has 2 amide bonds. The van der Waals surface area contributed by atoms with E-state index < -0.39 is 17.8 Å². The molecule has 1 fully saturated rings. The first-order valence-electron chi connectivity index (χ1n) is 8.89. The largest absolute Gasteiger partial charge is 0.336 e. The fraction of sp³-hybridized carbons (Fsp3) is 0.286. The molecule has 4 rings (SSSR count).